The first-order chi connectivity index (χ1) is 13.5. The Kier molecular flexibility index (Phi) is 6.66. The lowest BCUT2D eigenvalue weighted by Crippen LogP contribution is -2.28. The zero-order chi connectivity index (χ0) is 19.9. The molecule has 1 heterocycles. The minimum Gasteiger partial charge on any atom is -0.493 e. The fraction of sp³-hybridized carbons (Fsp3) is 0.273. The number of carbonyl (C=O) groups is 1. The van der Waals surface area contributed by atoms with E-state index in [4.69, 9.17) is 9.47 Å². The zero-order valence-electron chi connectivity index (χ0n) is 16.3. The average molecular weight is 397 g/mol. The first-order valence-electron chi connectivity index (χ1n) is 9.08. The second kappa shape index (κ2) is 9.37. The minimum atomic E-state index is -0.196. The number of carbonyl (C=O) groups excluding carboxylic acids is 1. The minimum absolute atomic E-state index is 0.0685. The van der Waals surface area contributed by atoms with Gasteiger partial charge in [-0.25, -0.2) is 4.98 Å². The van der Waals surface area contributed by atoms with Gasteiger partial charge >= 0.3 is 0 Å². The van der Waals surface area contributed by atoms with E-state index in [1.807, 2.05) is 19.1 Å². The van der Waals surface area contributed by atoms with Crippen molar-refractivity contribution in [1.29, 1.82) is 0 Å². The third-order valence-electron chi connectivity index (χ3n) is 4.29. The molecule has 0 spiro atoms. The number of ether oxygens (including phenoxy) is 2. The predicted octanol–water partition coefficient (Wildman–Crippen LogP) is 4.05. The van der Waals surface area contributed by atoms with E-state index in [9.17, 15) is 4.79 Å². The molecule has 0 fully saturated rings. The molecule has 0 bridgehead atoms. The first-order valence-corrected chi connectivity index (χ1v) is 9.90. The van der Waals surface area contributed by atoms with Crippen molar-refractivity contribution < 1.29 is 14.3 Å². The van der Waals surface area contributed by atoms with Crippen LogP contribution < -0.4 is 14.8 Å². The van der Waals surface area contributed by atoms with Crippen LogP contribution in [0.3, 0.4) is 0 Å². The number of nitrogens with one attached hydrogen (secondary N) is 1. The molecule has 0 saturated carbocycles. The molecule has 3 aromatic rings. The summed E-state index contributed by atoms with van der Waals surface area (Å²) in [6.07, 6.45) is 0.856. The molecule has 0 radical (unpaired) electrons. The number of benzene rings is 2. The van der Waals surface area contributed by atoms with E-state index in [1.54, 1.807) is 30.6 Å². The molecule has 1 amide bonds. The molecule has 0 unspecified atom stereocenters. The highest BCUT2D eigenvalue weighted by Crippen LogP contribution is 2.25. The van der Waals surface area contributed by atoms with Crippen LogP contribution in [-0.2, 0) is 17.8 Å². The Balaban J connectivity index is 1.51. The van der Waals surface area contributed by atoms with Gasteiger partial charge < -0.3 is 14.8 Å². The number of thiazole rings is 1. The maximum Gasteiger partial charge on any atom is 0.258 e. The number of hydrogen-bond acceptors (Lipinski definition) is 5. The van der Waals surface area contributed by atoms with Gasteiger partial charge in [0.05, 0.1) is 19.3 Å². The van der Waals surface area contributed by atoms with Gasteiger partial charge in [-0.05, 0) is 31.5 Å². The van der Waals surface area contributed by atoms with Gasteiger partial charge in [0.25, 0.3) is 5.91 Å². The van der Waals surface area contributed by atoms with Crippen LogP contribution >= 0.6 is 11.3 Å². The number of rotatable bonds is 8. The number of hydrogen-bond donors (Lipinski definition) is 1. The Hall–Kier alpha value is -2.86. The van der Waals surface area contributed by atoms with Crippen LogP contribution in [0.5, 0.6) is 11.5 Å². The first kappa shape index (κ1) is 19.9. The molecule has 0 saturated heterocycles. The Morgan fingerprint density at radius 3 is 2.50 bits per heavy atom. The van der Waals surface area contributed by atoms with Crippen molar-refractivity contribution in [3.63, 3.8) is 0 Å². The largest absolute Gasteiger partial charge is 0.493 e. The van der Waals surface area contributed by atoms with Crippen molar-refractivity contribution >= 4 is 17.2 Å². The van der Waals surface area contributed by atoms with Crippen molar-refractivity contribution in [2.75, 3.05) is 13.7 Å². The monoisotopic (exact) mass is 396 g/mol. The van der Waals surface area contributed by atoms with Crippen molar-refractivity contribution in [3.05, 3.63) is 75.2 Å². The van der Waals surface area contributed by atoms with Crippen LogP contribution in [-0.4, -0.2) is 24.6 Å². The number of amides is 1. The highest BCUT2D eigenvalue weighted by molar-refractivity contribution is 7.11. The molecule has 1 N–H and O–H groups in total. The normalized spacial score (nSPS) is 10.5. The standard InChI is InChI=1S/C22H24N2O3S/c1-15-8-10-17(11-9-15)12-20-16(2)24-22(28-20)13-23-21(25)14-27-19-7-5-4-6-18(19)26-3/h4-11H,12-14H2,1-3H3,(H,23,25). The molecule has 146 valence electrons. The Morgan fingerprint density at radius 1 is 1.07 bits per heavy atom. The fourth-order valence-corrected chi connectivity index (χ4v) is 3.77. The van der Waals surface area contributed by atoms with Crippen LogP contribution in [0.2, 0.25) is 0 Å². The lowest BCUT2D eigenvalue weighted by Gasteiger charge is -2.10. The maximum atomic E-state index is 12.1. The molecule has 1 aromatic heterocycles. The van der Waals surface area contributed by atoms with Crippen LogP contribution in [0, 0.1) is 13.8 Å². The third-order valence-corrected chi connectivity index (χ3v) is 5.44. The van der Waals surface area contributed by atoms with Crippen LogP contribution in [0.25, 0.3) is 0 Å². The number of methoxy groups -OCH3 is 1. The Bertz CT molecular complexity index is 935. The summed E-state index contributed by atoms with van der Waals surface area (Å²) in [4.78, 5) is 17.9. The molecule has 2 aromatic carbocycles. The van der Waals surface area contributed by atoms with Crippen molar-refractivity contribution in [1.82, 2.24) is 10.3 Å². The van der Waals surface area contributed by atoms with Gasteiger partial charge in [-0.2, -0.15) is 0 Å². The van der Waals surface area contributed by atoms with E-state index >= 15 is 0 Å². The Labute approximate surface area is 169 Å². The van der Waals surface area contributed by atoms with Crippen molar-refractivity contribution in [2.45, 2.75) is 26.8 Å². The van der Waals surface area contributed by atoms with E-state index in [0.717, 1.165) is 17.1 Å². The molecule has 0 aliphatic rings. The van der Waals surface area contributed by atoms with E-state index in [1.165, 1.54) is 16.0 Å². The van der Waals surface area contributed by atoms with Gasteiger partial charge in [-0.1, -0.05) is 42.0 Å². The van der Waals surface area contributed by atoms with Gasteiger partial charge in [0.2, 0.25) is 0 Å². The molecule has 0 atom stereocenters. The maximum absolute atomic E-state index is 12.1. The molecule has 5 nitrogen and oxygen atoms in total. The number of nitrogens with zero attached hydrogens (tertiary/aromatic N) is 1. The van der Waals surface area contributed by atoms with E-state index < -0.39 is 0 Å². The van der Waals surface area contributed by atoms with E-state index in [0.29, 0.717) is 18.0 Å². The molecule has 3 rings (SSSR count). The summed E-state index contributed by atoms with van der Waals surface area (Å²) < 4.78 is 10.8. The lowest BCUT2D eigenvalue weighted by molar-refractivity contribution is -0.123. The summed E-state index contributed by atoms with van der Waals surface area (Å²) >= 11 is 1.63. The highest BCUT2D eigenvalue weighted by Gasteiger charge is 2.11. The predicted molar refractivity (Wildman–Crippen MR) is 111 cm³/mol. The number of aryl methyl sites for hydroxylation is 2. The van der Waals surface area contributed by atoms with Crippen LogP contribution in [0.4, 0.5) is 0 Å². The second-order valence-electron chi connectivity index (χ2n) is 6.49. The van der Waals surface area contributed by atoms with Gasteiger partial charge in [-0.3, -0.25) is 4.79 Å². The summed E-state index contributed by atoms with van der Waals surface area (Å²) in [5.41, 5.74) is 3.53. The highest BCUT2D eigenvalue weighted by atomic mass is 32.1. The Morgan fingerprint density at radius 2 is 1.79 bits per heavy atom. The SMILES string of the molecule is COc1ccccc1OCC(=O)NCc1nc(C)c(Cc2ccc(C)cc2)s1. The van der Waals surface area contributed by atoms with Crippen molar-refractivity contribution in [3.8, 4) is 11.5 Å². The molecule has 28 heavy (non-hydrogen) atoms. The molecular formula is C22H24N2O3S. The van der Waals surface area contributed by atoms with Crippen LogP contribution in [0.15, 0.2) is 48.5 Å². The summed E-state index contributed by atoms with van der Waals surface area (Å²) in [5.74, 6) is 0.955. The van der Waals surface area contributed by atoms with Crippen molar-refractivity contribution in [2.24, 2.45) is 0 Å². The average Bonchev–Trinajstić information content (AvgIpc) is 3.06. The topological polar surface area (TPSA) is 60.5 Å². The van der Waals surface area contributed by atoms with Gasteiger partial charge in [0, 0.05) is 11.3 Å². The third kappa shape index (κ3) is 5.33. The van der Waals surface area contributed by atoms with Gasteiger partial charge in [-0.15, -0.1) is 11.3 Å². The summed E-state index contributed by atoms with van der Waals surface area (Å²) in [5, 5.41) is 3.76. The number of aromatic nitrogens is 1. The quantitative estimate of drug-likeness (QED) is 0.624. The summed E-state index contributed by atoms with van der Waals surface area (Å²) in [6, 6.07) is 15.8. The molecular weight excluding hydrogens is 372 g/mol. The molecule has 0 aliphatic heterocycles. The smallest absolute Gasteiger partial charge is 0.258 e. The lowest BCUT2D eigenvalue weighted by atomic mass is 10.1. The fourth-order valence-electron chi connectivity index (χ4n) is 2.73. The van der Waals surface area contributed by atoms with E-state index in [2.05, 4.69) is 41.5 Å². The second-order valence-corrected chi connectivity index (χ2v) is 7.66. The zero-order valence-corrected chi connectivity index (χ0v) is 17.1. The van der Waals surface area contributed by atoms with Crippen LogP contribution in [0.1, 0.15) is 26.7 Å². The van der Waals surface area contributed by atoms with Gasteiger partial charge in [0.15, 0.2) is 18.1 Å². The summed E-state index contributed by atoms with van der Waals surface area (Å²) in [6.45, 7) is 4.42. The molecule has 6 heteroatoms. The summed E-state index contributed by atoms with van der Waals surface area (Å²) in [7, 11) is 1.57. The number of para-hydroxylation sites is 2. The van der Waals surface area contributed by atoms with Gasteiger partial charge in [0.1, 0.15) is 5.01 Å². The molecule has 0 aliphatic carbocycles. The van der Waals surface area contributed by atoms with E-state index in [-0.39, 0.29) is 12.5 Å².